The Morgan fingerprint density at radius 2 is 2.00 bits per heavy atom. The summed E-state index contributed by atoms with van der Waals surface area (Å²) in [5.41, 5.74) is 0.638. The largest absolute Gasteiger partial charge is 0.495 e. The lowest BCUT2D eigenvalue weighted by Gasteiger charge is -2.31. The van der Waals surface area contributed by atoms with Crippen LogP contribution in [0.15, 0.2) is 35.8 Å². The molecule has 3 rings (SSSR count). The van der Waals surface area contributed by atoms with Crippen LogP contribution in [0.4, 0.5) is 15.6 Å². The third kappa shape index (κ3) is 4.27. The molecule has 2 heterocycles. The number of carbonyl (C=O) groups excluding carboxylic acids is 2. The van der Waals surface area contributed by atoms with Crippen LogP contribution in [-0.4, -0.2) is 42.0 Å². The molecule has 0 aliphatic carbocycles. The van der Waals surface area contributed by atoms with Crippen molar-refractivity contribution in [3.05, 3.63) is 35.8 Å². The number of carbonyl (C=O) groups is 2. The van der Waals surface area contributed by atoms with Crippen molar-refractivity contribution in [3.63, 3.8) is 0 Å². The first kappa shape index (κ1) is 17.2. The molecule has 2 aromatic rings. The lowest BCUT2D eigenvalue weighted by molar-refractivity contribution is -0.121. The second kappa shape index (κ2) is 7.98. The van der Waals surface area contributed by atoms with Gasteiger partial charge in [-0.1, -0.05) is 12.1 Å². The van der Waals surface area contributed by atoms with Crippen LogP contribution in [0.25, 0.3) is 0 Å². The number of piperidine rings is 1. The van der Waals surface area contributed by atoms with E-state index in [1.807, 2.05) is 17.5 Å². The molecule has 1 aliphatic heterocycles. The van der Waals surface area contributed by atoms with Gasteiger partial charge >= 0.3 is 6.03 Å². The Hall–Kier alpha value is -2.61. The highest BCUT2D eigenvalue weighted by atomic mass is 32.1. The number of rotatable bonds is 4. The van der Waals surface area contributed by atoms with Crippen molar-refractivity contribution < 1.29 is 14.3 Å². The number of urea groups is 1. The Morgan fingerprint density at radius 3 is 2.68 bits per heavy atom. The molecule has 1 aliphatic rings. The molecule has 0 saturated carbocycles. The third-order valence-electron chi connectivity index (χ3n) is 4.16. The second-order valence-corrected chi connectivity index (χ2v) is 6.61. The Bertz CT molecular complexity index is 727. The number of hydrogen-bond donors (Lipinski definition) is 2. The van der Waals surface area contributed by atoms with E-state index < -0.39 is 0 Å². The number of ether oxygens (including phenoxy) is 1. The molecule has 2 N–H and O–H groups in total. The van der Waals surface area contributed by atoms with Crippen LogP contribution in [0.5, 0.6) is 5.75 Å². The fourth-order valence-electron chi connectivity index (χ4n) is 2.78. The van der Waals surface area contributed by atoms with E-state index in [1.54, 1.807) is 30.3 Å². The average molecular weight is 360 g/mol. The van der Waals surface area contributed by atoms with Crippen LogP contribution in [0, 0.1) is 5.92 Å². The molecule has 0 atom stereocenters. The molecule has 0 radical (unpaired) electrons. The maximum Gasteiger partial charge on any atom is 0.321 e. The Balaban J connectivity index is 1.51. The number of anilines is 2. The molecule has 3 amide bonds. The molecule has 132 valence electrons. The standard InChI is InChI=1S/C17H20N4O3S/c1-24-14-5-3-2-4-13(14)19-17(23)21-9-6-12(7-10-21)15(22)20-16-18-8-11-25-16/h2-5,8,11-12H,6-7,9-10H2,1H3,(H,19,23)(H,18,20,22). The van der Waals surface area contributed by atoms with E-state index in [4.69, 9.17) is 4.74 Å². The number of nitrogens with one attached hydrogen (secondary N) is 2. The van der Waals surface area contributed by atoms with E-state index in [0.717, 1.165) is 0 Å². The molecule has 7 nitrogen and oxygen atoms in total. The van der Waals surface area contributed by atoms with Gasteiger partial charge in [-0.25, -0.2) is 9.78 Å². The summed E-state index contributed by atoms with van der Waals surface area (Å²) >= 11 is 1.40. The van der Waals surface area contributed by atoms with Gasteiger partial charge in [-0.2, -0.15) is 0 Å². The van der Waals surface area contributed by atoms with Gasteiger partial charge in [0.2, 0.25) is 5.91 Å². The minimum absolute atomic E-state index is 0.0280. The lowest BCUT2D eigenvalue weighted by Crippen LogP contribution is -2.43. The monoisotopic (exact) mass is 360 g/mol. The summed E-state index contributed by atoms with van der Waals surface area (Å²) in [6, 6.07) is 7.10. The quantitative estimate of drug-likeness (QED) is 0.878. The highest BCUT2D eigenvalue weighted by molar-refractivity contribution is 7.13. The van der Waals surface area contributed by atoms with Crippen LogP contribution >= 0.6 is 11.3 Å². The van der Waals surface area contributed by atoms with Crippen molar-refractivity contribution in [3.8, 4) is 5.75 Å². The summed E-state index contributed by atoms with van der Waals surface area (Å²) in [6.45, 7) is 1.08. The molecule has 1 aromatic carbocycles. The van der Waals surface area contributed by atoms with Gasteiger partial charge in [0.25, 0.3) is 0 Å². The molecular weight excluding hydrogens is 340 g/mol. The first-order chi connectivity index (χ1) is 12.2. The van der Waals surface area contributed by atoms with Crippen molar-refractivity contribution >= 4 is 34.1 Å². The van der Waals surface area contributed by atoms with Crippen LogP contribution in [0.3, 0.4) is 0 Å². The van der Waals surface area contributed by atoms with Gasteiger partial charge < -0.3 is 20.3 Å². The summed E-state index contributed by atoms with van der Waals surface area (Å²) in [7, 11) is 1.57. The van der Waals surface area contributed by atoms with Gasteiger partial charge in [0.05, 0.1) is 12.8 Å². The summed E-state index contributed by atoms with van der Waals surface area (Å²) in [5.74, 6) is 0.493. The summed E-state index contributed by atoms with van der Waals surface area (Å²) < 4.78 is 5.24. The number of amides is 3. The molecule has 1 saturated heterocycles. The number of thiazole rings is 1. The molecule has 0 spiro atoms. The summed E-state index contributed by atoms with van der Waals surface area (Å²) in [6.07, 6.45) is 2.93. The number of likely N-dealkylation sites (tertiary alicyclic amines) is 1. The minimum Gasteiger partial charge on any atom is -0.495 e. The zero-order valence-corrected chi connectivity index (χ0v) is 14.7. The van der Waals surface area contributed by atoms with Crippen molar-refractivity contribution in [2.24, 2.45) is 5.92 Å². The van der Waals surface area contributed by atoms with Gasteiger partial charge in [-0.15, -0.1) is 11.3 Å². The molecule has 25 heavy (non-hydrogen) atoms. The van der Waals surface area contributed by atoms with Gasteiger partial charge in [0.15, 0.2) is 5.13 Å². The maximum atomic E-state index is 12.4. The topological polar surface area (TPSA) is 83.6 Å². The van der Waals surface area contributed by atoms with E-state index in [9.17, 15) is 9.59 Å². The highest BCUT2D eigenvalue weighted by Gasteiger charge is 2.28. The zero-order chi connectivity index (χ0) is 17.6. The van der Waals surface area contributed by atoms with Crippen LogP contribution in [-0.2, 0) is 4.79 Å². The zero-order valence-electron chi connectivity index (χ0n) is 13.9. The number of hydrogen-bond acceptors (Lipinski definition) is 5. The number of aromatic nitrogens is 1. The number of nitrogens with zero attached hydrogens (tertiary/aromatic N) is 2. The predicted molar refractivity (Wildman–Crippen MR) is 97.1 cm³/mol. The first-order valence-corrected chi connectivity index (χ1v) is 8.94. The van der Waals surface area contributed by atoms with Crippen LogP contribution in [0.1, 0.15) is 12.8 Å². The molecule has 1 fully saturated rings. The van der Waals surface area contributed by atoms with Gasteiger partial charge in [-0.3, -0.25) is 4.79 Å². The predicted octanol–water partition coefficient (Wildman–Crippen LogP) is 3.03. The van der Waals surface area contributed by atoms with Crippen molar-refractivity contribution in [2.75, 3.05) is 30.8 Å². The summed E-state index contributed by atoms with van der Waals surface area (Å²) in [4.78, 5) is 30.4. The fourth-order valence-corrected chi connectivity index (χ4v) is 3.31. The van der Waals surface area contributed by atoms with Crippen molar-refractivity contribution in [1.29, 1.82) is 0 Å². The van der Waals surface area contributed by atoms with Crippen molar-refractivity contribution in [1.82, 2.24) is 9.88 Å². The SMILES string of the molecule is COc1ccccc1NC(=O)N1CCC(C(=O)Nc2nccs2)CC1. The van der Waals surface area contributed by atoms with Crippen molar-refractivity contribution in [2.45, 2.75) is 12.8 Å². The Labute approximate surface area is 150 Å². The Morgan fingerprint density at radius 1 is 1.24 bits per heavy atom. The number of para-hydroxylation sites is 2. The smallest absolute Gasteiger partial charge is 0.321 e. The minimum atomic E-state index is -0.178. The van der Waals surface area contributed by atoms with E-state index in [2.05, 4.69) is 15.6 Å². The van der Waals surface area contributed by atoms with Gasteiger partial charge in [0, 0.05) is 30.6 Å². The number of benzene rings is 1. The normalized spacial score (nSPS) is 14.8. The Kier molecular flexibility index (Phi) is 5.49. The maximum absolute atomic E-state index is 12.4. The molecule has 0 unspecified atom stereocenters. The van der Waals surface area contributed by atoms with Gasteiger partial charge in [0.1, 0.15) is 5.75 Å². The third-order valence-corrected chi connectivity index (χ3v) is 4.85. The van der Waals surface area contributed by atoms with E-state index in [-0.39, 0.29) is 17.9 Å². The molecule has 8 heteroatoms. The highest BCUT2D eigenvalue weighted by Crippen LogP contribution is 2.25. The molecular formula is C17H20N4O3S. The van der Waals surface area contributed by atoms with Crippen LogP contribution < -0.4 is 15.4 Å². The summed E-state index contributed by atoms with van der Waals surface area (Å²) in [5, 5.41) is 8.12. The van der Waals surface area contributed by atoms with Crippen LogP contribution in [0.2, 0.25) is 0 Å². The van der Waals surface area contributed by atoms with E-state index >= 15 is 0 Å². The lowest BCUT2D eigenvalue weighted by atomic mass is 9.96. The number of methoxy groups -OCH3 is 1. The first-order valence-electron chi connectivity index (χ1n) is 8.06. The van der Waals surface area contributed by atoms with E-state index in [0.29, 0.717) is 42.5 Å². The fraction of sp³-hybridized carbons (Fsp3) is 0.353. The van der Waals surface area contributed by atoms with Gasteiger partial charge in [-0.05, 0) is 25.0 Å². The molecule has 1 aromatic heterocycles. The average Bonchev–Trinajstić information content (AvgIpc) is 3.15. The second-order valence-electron chi connectivity index (χ2n) is 5.72. The van der Waals surface area contributed by atoms with E-state index in [1.165, 1.54) is 11.3 Å². The molecule has 0 bridgehead atoms.